The lowest BCUT2D eigenvalue weighted by atomic mass is 10.0. The van der Waals surface area contributed by atoms with Gasteiger partial charge in [-0.15, -0.1) is 5.92 Å². The summed E-state index contributed by atoms with van der Waals surface area (Å²) in [7, 11) is 0. The van der Waals surface area contributed by atoms with Crippen LogP contribution in [0.2, 0.25) is 0 Å². The topological polar surface area (TPSA) is 0 Å². The van der Waals surface area contributed by atoms with Gasteiger partial charge < -0.3 is 0 Å². The van der Waals surface area contributed by atoms with Crippen LogP contribution >= 0.6 is 0 Å². The normalized spacial score (nSPS) is 9.38. The van der Waals surface area contributed by atoms with Crippen molar-refractivity contribution < 1.29 is 0 Å². The standard InChI is InChI=1S/C16H14/c1-3-5-14-6-4-7-16(12-14)15-10-8-13(2)9-11-15/h4,6-12H,1-2H3. The van der Waals surface area contributed by atoms with Gasteiger partial charge in [-0.2, -0.15) is 0 Å². The first-order valence-corrected chi connectivity index (χ1v) is 5.39. The molecule has 0 N–H and O–H groups in total. The van der Waals surface area contributed by atoms with Gasteiger partial charge >= 0.3 is 0 Å². The largest absolute Gasteiger partial charge is 0.101 e. The Morgan fingerprint density at radius 1 is 0.875 bits per heavy atom. The molecule has 0 saturated carbocycles. The van der Waals surface area contributed by atoms with Crippen LogP contribution in [0.3, 0.4) is 0 Å². The fourth-order valence-corrected chi connectivity index (χ4v) is 1.67. The van der Waals surface area contributed by atoms with Gasteiger partial charge in [0, 0.05) is 5.56 Å². The zero-order valence-electron chi connectivity index (χ0n) is 9.62. The minimum Gasteiger partial charge on any atom is -0.101 e. The number of aryl methyl sites for hydroxylation is 1. The molecule has 2 aromatic rings. The number of benzene rings is 2. The van der Waals surface area contributed by atoms with Gasteiger partial charge in [0.15, 0.2) is 0 Å². The van der Waals surface area contributed by atoms with Crippen molar-refractivity contribution in [2.24, 2.45) is 0 Å². The van der Waals surface area contributed by atoms with Crippen LogP contribution in [0.4, 0.5) is 0 Å². The third-order valence-corrected chi connectivity index (χ3v) is 2.52. The van der Waals surface area contributed by atoms with E-state index in [1.54, 1.807) is 0 Å². The lowest BCUT2D eigenvalue weighted by Gasteiger charge is -2.02. The quantitative estimate of drug-likeness (QED) is 0.618. The minimum atomic E-state index is 1.07. The first-order valence-electron chi connectivity index (χ1n) is 5.39. The van der Waals surface area contributed by atoms with Crippen molar-refractivity contribution in [1.29, 1.82) is 0 Å². The summed E-state index contributed by atoms with van der Waals surface area (Å²) in [6.45, 7) is 3.96. The zero-order valence-corrected chi connectivity index (χ0v) is 9.62. The van der Waals surface area contributed by atoms with Crippen molar-refractivity contribution in [3.63, 3.8) is 0 Å². The molecule has 0 aromatic heterocycles. The van der Waals surface area contributed by atoms with Gasteiger partial charge in [0.05, 0.1) is 0 Å². The highest BCUT2D eigenvalue weighted by Gasteiger charge is 1.97. The Morgan fingerprint density at radius 2 is 1.62 bits per heavy atom. The Labute approximate surface area is 96.9 Å². The van der Waals surface area contributed by atoms with E-state index < -0.39 is 0 Å². The Bertz CT molecular complexity index is 536. The highest BCUT2D eigenvalue weighted by Crippen LogP contribution is 2.20. The van der Waals surface area contributed by atoms with Gasteiger partial charge in [0.2, 0.25) is 0 Å². The molecule has 0 radical (unpaired) electrons. The van der Waals surface area contributed by atoms with E-state index in [1.165, 1.54) is 16.7 Å². The Hall–Kier alpha value is -2.00. The van der Waals surface area contributed by atoms with Gasteiger partial charge in [0.1, 0.15) is 0 Å². The average Bonchev–Trinajstić information content (AvgIpc) is 2.31. The molecule has 2 rings (SSSR count). The fraction of sp³-hybridized carbons (Fsp3) is 0.125. The Morgan fingerprint density at radius 3 is 2.31 bits per heavy atom. The second-order valence-electron chi connectivity index (χ2n) is 3.82. The average molecular weight is 206 g/mol. The van der Waals surface area contributed by atoms with Crippen molar-refractivity contribution in [3.8, 4) is 23.0 Å². The smallest absolute Gasteiger partial charge is 0.0251 e. The molecule has 0 nitrogen and oxygen atoms in total. The van der Waals surface area contributed by atoms with Gasteiger partial charge in [-0.3, -0.25) is 0 Å². The van der Waals surface area contributed by atoms with E-state index in [9.17, 15) is 0 Å². The zero-order chi connectivity index (χ0) is 11.4. The summed E-state index contributed by atoms with van der Waals surface area (Å²) >= 11 is 0. The van der Waals surface area contributed by atoms with Gasteiger partial charge in [-0.1, -0.05) is 47.9 Å². The molecule has 0 heteroatoms. The fourth-order valence-electron chi connectivity index (χ4n) is 1.67. The third kappa shape index (κ3) is 2.32. The molecule has 2 aromatic carbocycles. The molecule has 0 aliphatic rings. The summed E-state index contributed by atoms with van der Waals surface area (Å²) in [5, 5.41) is 0. The second-order valence-corrected chi connectivity index (χ2v) is 3.82. The maximum Gasteiger partial charge on any atom is 0.0251 e. The second kappa shape index (κ2) is 4.68. The van der Waals surface area contributed by atoms with Crippen LogP contribution in [0, 0.1) is 18.8 Å². The van der Waals surface area contributed by atoms with Gasteiger partial charge in [0.25, 0.3) is 0 Å². The molecular weight excluding hydrogens is 192 g/mol. The van der Waals surface area contributed by atoms with Crippen LogP contribution in [0.15, 0.2) is 48.5 Å². The number of hydrogen-bond donors (Lipinski definition) is 0. The van der Waals surface area contributed by atoms with Crippen molar-refractivity contribution in [3.05, 3.63) is 59.7 Å². The molecule has 0 fully saturated rings. The molecule has 0 unspecified atom stereocenters. The summed E-state index contributed by atoms with van der Waals surface area (Å²) < 4.78 is 0. The van der Waals surface area contributed by atoms with Crippen molar-refractivity contribution in [1.82, 2.24) is 0 Å². The van der Waals surface area contributed by atoms with E-state index in [-0.39, 0.29) is 0 Å². The summed E-state index contributed by atoms with van der Waals surface area (Å²) in [5.41, 5.74) is 4.82. The summed E-state index contributed by atoms with van der Waals surface area (Å²) in [6, 6.07) is 16.9. The van der Waals surface area contributed by atoms with Crippen LogP contribution in [-0.4, -0.2) is 0 Å². The van der Waals surface area contributed by atoms with Crippen LogP contribution in [0.5, 0.6) is 0 Å². The van der Waals surface area contributed by atoms with Crippen LogP contribution in [-0.2, 0) is 0 Å². The molecule has 78 valence electrons. The summed E-state index contributed by atoms with van der Waals surface area (Å²) in [4.78, 5) is 0. The van der Waals surface area contributed by atoms with Crippen molar-refractivity contribution in [2.75, 3.05) is 0 Å². The van der Waals surface area contributed by atoms with Crippen molar-refractivity contribution in [2.45, 2.75) is 13.8 Å². The highest BCUT2D eigenvalue weighted by atomic mass is 14.0. The molecule has 0 bridgehead atoms. The maximum absolute atomic E-state index is 3.08. The lowest BCUT2D eigenvalue weighted by molar-refractivity contribution is 1.47. The first kappa shape index (κ1) is 10.5. The van der Waals surface area contributed by atoms with Gasteiger partial charge in [-0.25, -0.2) is 0 Å². The van der Waals surface area contributed by atoms with Crippen LogP contribution in [0.1, 0.15) is 18.1 Å². The lowest BCUT2D eigenvalue weighted by Crippen LogP contribution is -1.80. The molecule has 0 aliphatic heterocycles. The minimum absolute atomic E-state index is 1.07. The Balaban J connectivity index is 2.42. The van der Waals surface area contributed by atoms with Gasteiger partial charge in [-0.05, 0) is 37.1 Å². The highest BCUT2D eigenvalue weighted by molar-refractivity contribution is 5.65. The van der Waals surface area contributed by atoms with E-state index in [0.717, 1.165) is 5.56 Å². The van der Waals surface area contributed by atoms with Crippen LogP contribution in [0.25, 0.3) is 11.1 Å². The molecule has 16 heavy (non-hydrogen) atoms. The summed E-state index contributed by atoms with van der Waals surface area (Å²) in [6.07, 6.45) is 0. The van der Waals surface area contributed by atoms with E-state index in [4.69, 9.17) is 0 Å². The summed E-state index contributed by atoms with van der Waals surface area (Å²) in [5.74, 6) is 6.00. The monoisotopic (exact) mass is 206 g/mol. The number of hydrogen-bond acceptors (Lipinski definition) is 0. The Kier molecular flexibility index (Phi) is 3.08. The first-order chi connectivity index (χ1) is 7.79. The SMILES string of the molecule is CC#Cc1cccc(-c2ccc(C)cc2)c1. The van der Waals surface area contributed by atoms with E-state index >= 15 is 0 Å². The van der Waals surface area contributed by atoms with E-state index in [0.29, 0.717) is 0 Å². The van der Waals surface area contributed by atoms with E-state index in [1.807, 2.05) is 13.0 Å². The van der Waals surface area contributed by atoms with E-state index in [2.05, 4.69) is 61.2 Å². The van der Waals surface area contributed by atoms with Crippen molar-refractivity contribution >= 4 is 0 Å². The predicted molar refractivity (Wildman–Crippen MR) is 69.2 cm³/mol. The molecule has 0 heterocycles. The molecule has 0 amide bonds. The van der Waals surface area contributed by atoms with Crippen LogP contribution < -0.4 is 0 Å². The molecule has 0 spiro atoms. The molecular formula is C16H14. The number of rotatable bonds is 1. The molecule has 0 aliphatic carbocycles. The molecule has 0 atom stereocenters. The predicted octanol–water partition coefficient (Wildman–Crippen LogP) is 4.03. The molecule has 0 saturated heterocycles. The third-order valence-electron chi connectivity index (χ3n) is 2.52. The maximum atomic E-state index is 3.08.